The number of H-pyrrole nitrogens is 1. The molecule has 26 heavy (non-hydrogen) atoms. The van der Waals surface area contributed by atoms with Crippen LogP contribution in [0.4, 0.5) is 0 Å². The molecule has 3 rings (SSSR count). The fourth-order valence-electron chi connectivity index (χ4n) is 2.92. The van der Waals surface area contributed by atoms with Crippen LogP contribution in [-0.4, -0.2) is 50.9 Å². The first kappa shape index (κ1) is 18.0. The third-order valence-electron chi connectivity index (χ3n) is 4.30. The lowest BCUT2D eigenvalue weighted by Crippen LogP contribution is -2.41. The Balaban J connectivity index is 1.79. The van der Waals surface area contributed by atoms with E-state index >= 15 is 0 Å². The monoisotopic (exact) mass is 375 g/mol. The number of hydrogen-bond donors (Lipinski definition) is 4. The van der Waals surface area contributed by atoms with Crippen LogP contribution in [0, 0.1) is 11.3 Å². The molecule has 4 N–H and O–H groups in total. The fraction of sp³-hybridized carbons (Fsp3) is 0.353. The number of halogens is 1. The van der Waals surface area contributed by atoms with Crippen LogP contribution in [0.25, 0.3) is 11.3 Å². The Morgan fingerprint density at radius 2 is 2.23 bits per heavy atom. The maximum atomic E-state index is 12.4. The number of nitriles is 1. The number of aromatic hydroxyl groups is 2. The number of nitrogens with zero attached hydrogens (tertiary/aromatic N) is 3. The van der Waals surface area contributed by atoms with E-state index in [2.05, 4.69) is 15.5 Å². The predicted octanol–water partition coefficient (Wildman–Crippen LogP) is 1.53. The van der Waals surface area contributed by atoms with Crippen LogP contribution < -0.4 is 5.32 Å². The van der Waals surface area contributed by atoms with Gasteiger partial charge in [0.15, 0.2) is 0 Å². The minimum absolute atomic E-state index is 0.0614. The fourth-order valence-corrected chi connectivity index (χ4v) is 3.09. The molecule has 1 amide bonds. The zero-order chi connectivity index (χ0) is 18.7. The van der Waals surface area contributed by atoms with Crippen molar-refractivity contribution in [2.24, 2.45) is 0 Å². The Kier molecular flexibility index (Phi) is 5.30. The minimum atomic E-state index is -0.211. The zero-order valence-corrected chi connectivity index (χ0v) is 14.7. The van der Waals surface area contributed by atoms with Gasteiger partial charge in [-0.3, -0.25) is 9.89 Å². The van der Waals surface area contributed by atoms with Crippen LogP contribution in [0.3, 0.4) is 0 Å². The van der Waals surface area contributed by atoms with E-state index in [1.165, 1.54) is 12.1 Å². The van der Waals surface area contributed by atoms with E-state index in [1.54, 1.807) is 4.90 Å². The third kappa shape index (κ3) is 3.59. The topological polar surface area (TPSA) is 125 Å². The highest BCUT2D eigenvalue weighted by Crippen LogP contribution is 2.39. The molecule has 0 unspecified atom stereocenters. The van der Waals surface area contributed by atoms with Gasteiger partial charge in [-0.1, -0.05) is 11.6 Å². The average molecular weight is 376 g/mol. The SMILES string of the molecule is N#CCCNCC(=O)N1CCc2[nH]nc(-c3cc(Cl)c(O)cc3O)c2C1. The number of nitrogens with one attached hydrogen (secondary N) is 2. The summed E-state index contributed by atoms with van der Waals surface area (Å²) in [7, 11) is 0. The van der Waals surface area contributed by atoms with Gasteiger partial charge >= 0.3 is 0 Å². The molecule has 0 aliphatic carbocycles. The van der Waals surface area contributed by atoms with Gasteiger partial charge in [0.25, 0.3) is 0 Å². The highest BCUT2D eigenvalue weighted by Gasteiger charge is 2.26. The van der Waals surface area contributed by atoms with Crippen LogP contribution in [0.5, 0.6) is 11.5 Å². The summed E-state index contributed by atoms with van der Waals surface area (Å²) in [5.74, 6) is -0.408. The molecule has 9 heteroatoms. The number of phenols is 2. The molecule has 0 spiro atoms. The Morgan fingerprint density at radius 3 is 3.00 bits per heavy atom. The van der Waals surface area contributed by atoms with Crippen molar-refractivity contribution in [3.8, 4) is 28.8 Å². The lowest BCUT2D eigenvalue weighted by atomic mass is 10.00. The average Bonchev–Trinajstić information content (AvgIpc) is 3.04. The molecule has 8 nitrogen and oxygen atoms in total. The molecule has 0 radical (unpaired) electrons. The number of rotatable bonds is 5. The summed E-state index contributed by atoms with van der Waals surface area (Å²) >= 11 is 5.95. The summed E-state index contributed by atoms with van der Waals surface area (Å²) in [6.07, 6.45) is 0.975. The van der Waals surface area contributed by atoms with Crippen LogP contribution in [0.1, 0.15) is 17.7 Å². The van der Waals surface area contributed by atoms with Crippen molar-refractivity contribution in [1.82, 2.24) is 20.4 Å². The molecule has 0 atom stereocenters. The number of aromatic amines is 1. The van der Waals surface area contributed by atoms with E-state index in [-0.39, 0.29) is 29.0 Å². The Morgan fingerprint density at radius 1 is 1.42 bits per heavy atom. The van der Waals surface area contributed by atoms with Crippen molar-refractivity contribution in [2.45, 2.75) is 19.4 Å². The van der Waals surface area contributed by atoms with Gasteiger partial charge in [-0.15, -0.1) is 0 Å². The first-order valence-corrected chi connectivity index (χ1v) is 8.52. The number of amides is 1. The zero-order valence-electron chi connectivity index (χ0n) is 13.9. The van der Waals surface area contributed by atoms with Gasteiger partial charge in [-0.2, -0.15) is 10.4 Å². The molecule has 136 valence electrons. The van der Waals surface area contributed by atoms with E-state index in [1.807, 2.05) is 6.07 Å². The standard InChI is InChI=1S/C17H18ClN5O3/c18-12-6-10(14(24)7-15(12)25)17-11-9-23(5-2-13(11)21-22-17)16(26)8-20-4-1-3-19/h6-7,20,24-25H,1-2,4-5,8-9H2,(H,21,22). The van der Waals surface area contributed by atoms with E-state index in [9.17, 15) is 15.0 Å². The maximum absolute atomic E-state index is 12.4. The van der Waals surface area contributed by atoms with Gasteiger partial charge in [-0.25, -0.2) is 0 Å². The summed E-state index contributed by atoms with van der Waals surface area (Å²) in [6, 6.07) is 4.64. The second kappa shape index (κ2) is 7.64. The molecule has 1 aromatic heterocycles. The van der Waals surface area contributed by atoms with E-state index in [4.69, 9.17) is 16.9 Å². The van der Waals surface area contributed by atoms with Crippen LogP contribution in [0.15, 0.2) is 12.1 Å². The Labute approximate surface area is 155 Å². The largest absolute Gasteiger partial charge is 0.507 e. The Bertz CT molecular complexity index is 874. The molecule has 1 aliphatic heterocycles. The first-order valence-electron chi connectivity index (χ1n) is 8.14. The first-order chi connectivity index (χ1) is 12.5. The number of carbonyl (C=O) groups is 1. The van der Waals surface area contributed by atoms with Crippen LogP contribution in [0.2, 0.25) is 5.02 Å². The number of benzene rings is 1. The van der Waals surface area contributed by atoms with Gasteiger partial charge in [0.05, 0.1) is 17.6 Å². The highest BCUT2D eigenvalue weighted by atomic mass is 35.5. The van der Waals surface area contributed by atoms with Crippen molar-refractivity contribution >= 4 is 17.5 Å². The van der Waals surface area contributed by atoms with Crippen LogP contribution >= 0.6 is 11.6 Å². The van der Waals surface area contributed by atoms with Gasteiger partial charge < -0.3 is 20.4 Å². The molecule has 0 saturated carbocycles. The lowest BCUT2D eigenvalue weighted by molar-refractivity contribution is -0.131. The highest BCUT2D eigenvalue weighted by molar-refractivity contribution is 6.32. The Hall–Kier alpha value is -2.76. The molecule has 0 fully saturated rings. The summed E-state index contributed by atoms with van der Waals surface area (Å²) in [5.41, 5.74) is 2.63. The normalized spacial score (nSPS) is 13.3. The molecule has 2 aromatic rings. The summed E-state index contributed by atoms with van der Waals surface area (Å²) < 4.78 is 0. The molecule has 0 bridgehead atoms. The molecular formula is C17H18ClN5O3. The van der Waals surface area contributed by atoms with Gasteiger partial charge in [0, 0.05) is 55.4 Å². The van der Waals surface area contributed by atoms with Crippen molar-refractivity contribution < 1.29 is 15.0 Å². The number of carbonyl (C=O) groups excluding carboxylic acids is 1. The number of phenolic OH excluding ortho intramolecular Hbond substituents is 2. The van der Waals surface area contributed by atoms with Gasteiger partial charge in [-0.05, 0) is 6.07 Å². The summed E-state index contributed by atoms with van der Waals surface area (Å²) in [4.78, 5) is 14.1. The maximum Gasteiger partial charge on any atom is 0.236 e. The smallest absolute Gasteiger partial charge is 0.236 e. The van der Waals surface area contributed by atoms with Crippen LogP contribution in [-0.2, 0) is 17.8 Å². The van der Waals surface area contributed by atoms with E-state index in [0.29, 0.717) is 43.7 Å². The number of hydrogen-bond acceptors (Lipinski definition) is 6. The minimum Gasteiger partial charge on any atom is -0.507 e. The number of aromatic nitrogens is 2. The van der Waals surface area contributed by atoms with Crippen molar-refractivity contribution in [3.63, 3.8) is 0 Å². The second-order valence-electron chi connectivity index (χ2n) is 6.00. The van der Waals surface area contributed by atoms with E-state index in [0.717, 1.165) is 11.3 Å². The van der Waals surface area contributed by atoms with Crippen molar-refractivity contribution in [3.05, 3.63) is 28.4 Å². The molecule has 1 aromatic carbocycles. The van der Waals surface area contributed by atoms with Gasteiger partial charge in [0.2, 0.25) is 5.91 Å². The lowest BCUT2D eigenvalue weighted by Gasteiger charge is -2.27. The third-order valence-corrected chi connectivity index (χ3v) is 4.60. The van der Waals surface area contributed by atoms with Crippen molar-refractivity contribution in [2.75, 3.05) is 19.6 Å². The van der Waals surface area contributed by atoms with Crippen molar-refractivity contribution in [1.29, 1.82) is 5.26 Å². The quantitative estimate of drug-likeness (QED) is 0.587. The second-order valence-corrected chi connectivity index (χ2v) is 6.41. The number of fused-ring (bicyclic) bond motifs is 1. The molecule has 0 saturated heterocycles. The predicted molar refractivity (Wildman–Crippen MR) is 94.6 cm³/mol. The molecule has 2 heterocycles. The van der Waals surface area contributed by atoms with E-state index < -0.39 is 0 Å². The molecule has 1 aliphatic rings. The summed E-state index contributed by atoms with van der Waals surface area (Å²) in [6.45, 7) is 1.56. The van der Waals surface area contributed by atoms with Gasteiger partial charge in [0.1, 0.15) is 17.2 Å². The summed E-state index contributed by atoms with van der Waals surface area (Å²) in [5, 5.41) is 38.5. The molecular weight excluding hydrogens is 358 g/mol.